The summed E-state index contributed by atoms with van der Waals surface area (Å²) in [6.45, 7) is 3.65. The molecule has 0 saturated carbocycles. The summed E-state index contributed by atoms with van der Waals surface area (Å²) < 4.78 is 11.2. The predicted molar refractivity (Wildman–Crippen MR) is 258 cm³/mol. The molecule has 358 valence electrons. The number of carbonyl (C=O) groups excluding carboxylic acids is 1. The number of aliphatic hydroxyl groups excluding tert-OH is 5. The standard InChI is InChI=1S/C53H93NO8/c1-3-5-7-9-11-13-15-17-19-21-22-23-24-25-26-27-29-31-33-35-37-39-41-43-49(57)54-46(45-61-53-52(60)51(59)50(58)48(44-55)62-53)47(56)42-40-38-36-34-32-30-28-20-18-16-14-12-10-8-6-4-2/h5,7,11,13,17,19,22-23,25-26,40,42,46-48,50-53,55-56,58-60H,3-4,6,8-10,12,14-16,18,20-21,24,27-39,41,43-45H2,1-2H3,(H,54,57)/b7-5-,13-11-,19-17-,23-22-,26-25-,42-40+. The van der Waals surface area contributed by atoms with Gasteiger partial charge in [-0.3, -0.25) is 4.79 Å². The number of carbonyl (C=O) groups is 1. The van der Waals surface area contributed by atoms with Gasteiger partial charge in [-0.25, -0.2) is 0 Å². The van der Waals surface area contributed by atoms with Crippen LogP contribution < -0.4 is 5.32 Å². The van der Waals surface area contributed by atoms with Crippen molar-refractivity contribution in [3.63, 3.8) is 0 Å². The van der Waals surface area contributed by atoms with Crippen LogP contribution >= 0.6 is 0 Å². The molecule has 0 aromatic rings. The maximum Gasteiger partial charge on any atom is 0.220 e. The molecule has 0 radical (unpaired) electrons. The maximum absolute atomic E-state index is 13.0. The molecule has 1 aliphatic rings. The summed E-state index contributed by atoms with van der Waals surface area (Å²) in [6, 6.07) is -0.814. The van der Waals surface area contributed by atoms with Crippen molar-refractivity contribution in [3.05, 3.63) is 72.9 Å². The highest BCUT2D eigenvalue weighted by molar-refractivity contribution is 5.76. The first-order chi connectivity index (χ1) is 30.3. The van der Waals surface area contributed by atoms with Crippen LogP contribution in [0.4, 0.5) is 0 Å². The van der Waals surface area contributed by atoms with E-state index in [2.05, 4.69) is 79.9 Å². The zero-order chi connectivity index (χ0) is 45.1. The lowest BCUT2D eigenvalue weighted by molar-refractivity contribution is -0.302. The van der Waals surface area contributed by atoms with Crippen LogP contribution in [0.15, 0.2) is 72.9 Å². The smallest absolute Gasteiger partial charge is 0.220 e. The van der Waals surface area contributed by atoms with Crippen molar-refractivity contribution in [1.82, 2.24) is 5.32 Å². The monoisotopic (exact) mass is 872 g/mol. The predicted octanol–water partition coefficient (Wildman–Crippen LogP) is 11.3. The zero-order valence-corrected chi connectivity index (χ0v) is 39.4. The molecule has 7 unspecified atom stereocenters. The van der Waals surface area contributed by atoms with Crippen LogP contribution in [0.3, 0.4) is 0 Å². The fourth-order valence-electron chi connectivity index (χ4n) is 7.53. The molecule has 9 nitrogen and oxygen atoms in total. The average Bonchev–Trinajstić information content (AvgIpc) is 3.27. The van der Waals surface area contributed by atoms with E-state index in [-0.39, 0.29) is 12.5 Å². The molecule has 0 spiro atoms. The summed E-state index contributed by atoms with van der Waals surface area (Å²) >= 11 is 0. The number of aliphatic hydroxyl groups is 5. The van der Waals surface area contributed by atoms with Gasteiger partial charge in [0.1, 0.15) is 24.4 Å². The van der Waals surface area contributed by atoms with Gasteiger partial charge in [0.2, 0.25) is 5.91 Å². The molecule has 1 rings (SSSR count). The third-order valence-electron chi connectivity index (χ3n) is 11.5. The molecular formula is C53H93NO8. The lowest BCUT2D eigenvalue weighted by Gasteiger charge is -2.40. The number of ether oxygens (including phenoxy) is 2. The van der Waals surface area contributed by atoms with E-state index >= 15 is 0 Å². The van der Waals surface area contributed by atoms with Crippen LogP contribution in [0.1, 0.15) is 200 Å². The third kappa shape index (κ3) is 32.3. The van der Waals surface area contributed by atoms with E-state index < -0.39 is 49.5 Å². The number of hydrogen-bond acceptors (Lipinski definition) is 8. The Bertz CT molecular complexity index is 1200. The van der Waals surface area contributed by atoms with Crippen molar-refractivity contribution >= 4 is 5.91 Å². The van der Waals surface area contributed by atoms with E-state index in [1.165, 1.54) is 96.3 Å². The Morgan fingerprint density at radius 1 is 0.565 bits per heavy atom. The molecule has 1 heterocycles. The second kappa shape index (κ2) is 42.6. The van der Waals surface area contributed by atoms with Gasteiger partial charge in [0.15, 0.2) is 6.29 Å². The number of hydrogen-bond donors (Lipinski definition) is 6. The van der Waals surface area contributed by atoms with E-state index in [4.69, 9.17) is 9.47 Å². The minimum absolute atomic E-state index is 0.191. The molecule has 1 fully saturated rings. The minimum atomic E-state index is -1.57. The van der Waals surface area contributed by atoms with Crippen molar-refractivity contribution < 1.29 is 39.8 Å². The quantitative estimate of drug-likeness (QED) is 0.0263. The summed E-state index contributed by atoms with van der Waals surface area (Å²) in [5, 5.41) is 54.3. The summed E-state index contributed by atoms with van der Waals surface area (Å²) in [6.07, 6.45) is 50.8. The molecule has 0 aliphatic carbocycles. The Morgan fingerprint density at radius 3 is 1.48 bits per heavy atom. The molecule has 7 atom stereocenters. The molecule has 6 N–H and O–H groups in total. The fourth-order valence-corrected chi connectivity index (χ4v) is 7.53. The first kappa shape index (κ1) is 57.6. The van der Waals surface area contributed by atoms with Gasteiger partial charge in [0.05, 0.1) is 25.4 Å². The van der Waals surface area contributed by atoms with Gasteiger partial charge in [0, 0.05) is 6.42 Å². The highest BCUT2D eigenvalue weighted by Crippen LogP contribution is 2.23. The molecule has 1 aliphatic heterocycles. The van der Waals surface area contributed by atoms with Crippen molar-refractivity contribution in [3.8, 4) is 0 Å². The number of nitrogens with one attached hydrogen (secondary N) is 1. The molecule has 1 amide bonds. The van der Waals surface area contributed by atoms with Crippen LogP contribution in [0.2, 0.25) is 0 Å². The SMILES string of the molecule is CC/C=C\C/C=C\C/C=C\C/C=C\C/C=C\CCCCCCCCCC(=O)NC(COC1OC(CO)C(O)C(O)C1O)C(O)/C=C/CCCCCCCCCCCCCCCC. The Labute approximate surface area is 378 Å². The molecule has 0 aromatic heterocycles. The average molecular weight is 872 g/mol. The lowest BCUT2D eigenvalue weighted by Crippen LogP contribution is -2.60. The third-order valence-corrected chi connectivity index (χ3v) is 11.5. The van der Waals surface area contributed by atoms with Crippen molar-refractivity contribution in [2.24, 2.45) is 0 Å². The van der Waals surface area contributed by atoms with Gasteiger partial charge in [-0.05, 0) is 64.2 Å². The van der Waals surface area contributed by atoms with Gasteiger partial charge >= 0.3 is 0 Å². The highest BCUT2D eigenvalue weighted by atomic mass is 16.7. The van der Waals surface area contributed by atoms with Crippen LogP contribution in [-0.2, 0) is 14.3 Å². The highest BCUT2D eigenvalue weighted by Gasteiger charge is 2.44. The van der Waals surface area contributed by atoms with Crippen LogP contribution in [0, 0.1) is 0 Å². The topological polar surface area (TPSA) is 149 Å². The van der Waals surface area contributed by atoms with E-state index in [9.17, 15) is 30.3 Å². The van der Waals surface area contributed by atoms with Gasteiger partial charge < -0.3 is 40.3 Å². The molecule has 62 heavy (non-hydrogen) atoms. The summed E-state index contributed by atoms with van der Waals surface area (Å²) in [7, 11) is 0. The Kier molecular flexibility index (Phi) is 39.6. The van der Waals surface area contributed by atoms with E-state index in [1.807, 2.05) is 6.08 Å². The normalized spacial score (nSPS) is 20.9. The lowest BCUT2D eigenvalue weighted by atomic mass is 9.99. The Hall–Kier alpha value is -2.37. The number of allylic oxidation sites excluding steroid dienone is 11. The van der Waals surface area contributed by atoms with Gasteiger partial charge in [-0.2, -0.15) is 0 Å². The van der Waals surface area contributed by atoms with Crippen LogP contribution in [0.25, 0.3) is 0 Å². The van der Waals surface area contributed by atoms with Crippen molar-refractivity contribution in [2.45, 2.75) is 243 Å². The number of rotatable bonds is 41. The Morgan fingerprint density at radius 2 is 1.00 bits per heavy atom. The summed E-state index contributed by atoms with van der Waals surface area (Å²) in [5.74, 6) is -0.191. The molecule has 0 aromatic carbocycles. The molecule has 1 saturated heterocycles. The fraction of sp³-hybridized carbons (Fsp3) is 0.755. The molecular weight excluding hydrogens is 779 g/mol. The molecule has 0 bridgehead atoms. The minimum Gasteiger partial charge on any atom is -0.394 e. The van der Waals surface area contributed by atoms with Crippen molar-refractivity contribution in [1.29, 1.82) is 0 Å². The first-order valence-electron chi connectivity index (χ1n) is 25.2. The van der Waals surface area contributed by atoms with Gasteiger partial charge in [0.25, 0.3) is 0 Å². The second-order valence-electron chi connectivity index (χ2n) is 17.2. The number of amides is 1. The van der Waals surface area contributed by atoms with Crippen molar-refractivity contribution in [2.75, 3.05) is 13.2 Å². The zero-order valence-electron chi connectivity index (χ0n) is 39.4. The molecule has 9 heteroatoms. The summed E-state index contributed by atoms with van der Waals surface area (Å²) in [5.41, 5.74) is 0. The van der Waals surface area contributed by atoms with E-state index in [0.29, 0.717) is 6.42 Å². The first-order valence-corrected chi connectivity index (χ1v) is 25.2. The van der Waals surface area contributed by atoms with Gasteiger partial charge in [-0.1, -0.05) is 202 Å². The van der Waals surface area contributed by atoms with Crippen LogP contribution in [-0.4, -0.2) is 87.5 Å². The van der Waals surface area contributed by atoms with Gasteiger partial charge in [-0.15, -0.1) is 0 Å². The van der Waals surface area contributed by atoms with E-state index in [1.54, 1.807) is 6.08 Å². The largest absolute Gasteiger partial charge is 0.394 e. The number of unbranched alkanes of at least 4 members (excludes halogenated alkanes) is 21. The maximum atomic E-state index is 13.0. The van der Waals surface area contributed by atoms with Crippen LogP contribution in [0.5, 0.6) is 0 Å². The second-order valence-corrected chi connectivity index (χ2v) is 17.2. The summed E-state index contributed by atoms with van der Waals surface area (Å²) in [4.78, 5) is 13.0. The Balaban J connectivity index is 2.32. The van der Waals surface area contributed by atoms with E-state index in [0.717, 1.165) is 83.5 Å².